The maximum absolute atomic E-state index is 13.6. The molecule has 0 saturated heterocycles. The summed E-state index contributed by atoms with van der Waals surface area (Å²) in [7, 11) is 0. The Balaban J connectivity index is 2.26. The summed E-state index contributed by atoms with van der Waals surface area (Å²) in [6.45, 7) is 0. The highest BCUT2D eigenvalue weighted by Gasteiger charge is 2.05. The van der Waals surface area contributed by atoms with E-state index in [-0.39, 0.29) is 17.2 Å². The first-order valence-electron chi connectivity index (χ1n) is 4.99. The number of benzene rings is 1. The van der Waals surface area contributed by atoms with E-state index in [0.29, 0.717) is 5.82 Å². The van der Waals surface area contributed by atoms with Gasteiger partial charge in [-0.3, -0.25) is 5.43 Å². The summed E-state index contributed by atoms with van der Waals surface area (Å²) in [6.07, 6.45) is 1.48. The molecule has 2 rings (SSSR count). The number of hydrogen-bond acceptors (Lipinski definition) is 6. The summed E-state index contributed by atoms with van der Waals surface area (Å²) in [4.78, 5) is 7.81. The van der Waals surface area contributed by atoms with Crippen molar-refractivity contribution >= 4 is 17.5 Å². The number of halogens is 1. The van der Waals surface area contributed by atoms with E-state index >= 15 is 0 Å². The van der Waals surface area contributed by atoms with Gasteiger partial charge in [0, 0.05) is 6.20 Å². The number of hydrogen-bond donors (Lipinski definition) is 3. The van der Waals surface area contributed by atoms with Gasteiger partial charge in [-0.25, -0.2) is 15.2 Å². The molecule has 0 aliphatic rings. The van der Waals surface area contributed by atoms with Crippen LogP contribution >= 0.6 is 0 Å². The van der Waals surface area contributed by atoms with Gasteiger partial charge >= 0.3 is 0 Å². The van der Waals surface area contributed by atoms with Gasteiger partial charge in [-0.2, -0.15) is 10.2 Å². The molecule has 0 aliphatic heterocycles. The molecule has 0 fully saturated rings. The van der Waals surface area contributed by atoms with Crippen LogP contribution in [0.3, 0.4) is 0 Å². The molecule has 0 amide bonds. The Morgan fingerprint density at radius 2 is 2.17 bits per heavy atom. The van der Waals surface area contributed by atoms with Crippen LogP contribution in [0.4, 0.5) is 21.8 Å². The Morgan fingerprint density at radius 3 is 2.83 bits per heavy atom. The van der Waals surface area contributed by atoms with Crippen molar-refractivity contribution in [2.24, 2.45) is 5.84 Å². The Hall–Kier alpha value is -2.72. The average Bonchev–Trinajstić information content (AvgIpc) is 2.41. The molecule has 0 spiro atoms. The van der Waals surface area contributed by atoms with E-state index in [1.165, 1.54) is 18.3 Å². The number of nitrogen functional groups attached to an aromatic ring is 1. The molecule has 0 aliphatic carbocycles. The van der Waals surface area contributed by atoms with Gasteiger partial charge in [0.15, 0.2) is 0 Å². The van der Waals surface area contributed by atoms with Gasteiger partial charge in [0.25, 0.3) is 0 Å². The smallest absolute Gasteiger partial charge is 0.239 e. The summed E-state index contributed by atoms with van der Waals surface area (Å²) in [5, 5.41) is 11.4. The highest BCUT2D eigenvalue weighted by atomic mass is 19.1. The Morgan fingerprint density at radius 1 is 1.33 bits per heavy atom. The van der Waals surface area contributed by atoms with E-state index in [0.717, 1.165) is 6.07 Å². The second-order valence-electron chi connectivity index (χ2n) is 3.34. The van der Waals surface area contributed by atoms with E-state index in [2.05, 4.69) is 20.7 Å². The molecule has 0 saturated carbocycles. The molecule has 0 radical (unpaired) electrons. The molecule has 1 heterocycles. The summed E-state index contributed by atoms with van der Waals surface area (Å²) in [5.41, 5.74) is 2.76. The molecule has 2 aromatic rings. The van der Waals surface area contributed by atoms with E-state index in [1.54, 1.807) is 6.07 Å². The number of hydrazine groups is 1. The van der Waals surface area contributed by atoms with Crippen molar-refractivity contribution in [3.63, 3.8) is 0 Å². The molecular weight excluding hydrogens is 235 g/mol. The molecule has 4 N–H and O–H groups in total. The van der Waals surface area contributed by atoms with Gasteiger partial charge in [0.2, 0.25) is 5.95 Å². The highest BCUT2D eigenvalue weighted by molar-refractivity contribution is 5.58. The van der Waals surface area contributed by atoms with Crippen molar-refractivity contribution in [3.05, 3.63) is 41.8 Å². The van der Waals surface area contributed by atoms with Gasteiger partial charge in [0.05, 0.1) is 17.3 Å². The van der Waals surface area contributed by atoms with Crippen LogP contribution in [0.5, 0.6) is 0 Å². The Labute approximate surface area is 102 Å². The fourth-order valence-electron chi connectivity index (χ4n) is 1.32. The molecule has 6 nitrogen and oxygen atoms in total. The fraction of sp³-hybridized carbons (Fsp3) is 0. The van der Waals surface area contributed by atoms with E-state index in [4.69, 9.17) is 11.1 Å². The topological polar surface area (TPSA) is 99.7 Å². The van der Waals surface area contributed by atoms with E-state index in [1.807, 2.05) is 6.07 Å². The zero-order valence-corrected chi connectivity index (χ0v) is 9.18. The maximum Gasteiger partial charge on any atom is 0.239 e. The van der Waals surface area contributed by atoms with E-state index < -0.39 is 5.82 Å². The third kappa shape index (κ3) is 2.50. The first-order chi connectivity index (χ1) is 8.72. The second-order valence-corrected chi connectivity index (χ2v) is 3.34. The molecule has 0 unspecified atom stereocenters. The minimum absolute atomic E-state index is 0.217. The number of anilines is 3. The summed E-state index contributed by atoms with van der Waals surface area (Å²) in [6, 6.07) is 7.54. The van der Waals surface area contributed by atoms with Gasteiger partial charge in [-0.05, 0) is 24.3 Å². The van der Waals surface area contributed by atoms with Crippen molar-refractivity contribution in [1.29, 1.82) is 5.26 Å². The van der Waals surface area contributed by atoms with Gasteiger partial charge in [0.1, 0.15) is 11.6 Å². The number of nitrogens with two attached hydrogens (primary N) is 1. The third-order valence-corrected chi connectivity index (χ3v) is 2.15. The second kappa shape index (κ2) is 5.07. The predicted octanol–water partition coefficient (Wildman–Crippen LogP) is 1.52. The van der Waals surface area contributed by atoms with Crippen molar-refractivity contribution in [2.75, 3.05) is 10.7 Å². The van der Waals surface area contributed by atoms with Crippen LogP contribution in [-0.4, -0.2) is 9.97 Å². The molecule has 90 valence electrons. The monoisotopic (exact) mass is 244 g/mol. The summed E-state index contributed by atoms with van der Waals surface area (Å²) in [5.74, 6) is 5.24. The van der Waals surface area contributed by atoms with Crippen LogP contribution in [0.1, 0.15) is 5.56 Å². The lowest BCUT2D eigenvalue weighted by molar-refractivity contribution is 0.631. The lowest BCUT2D eigenvalue weighted by Crippen LogP contribution is -2.11. The Bertz CT molecular complexity index is 607. The van der Waals surface area contributed by atoms with Gasteiger partial charge in [-0.1, -0.05) is 0 Å². The summed E-state index contributed by atoms with van der Waals surface area (Å²) < 4.78 is 13.6. The number of aromatic nitrogens is 2. The molecule has 7 heteroatoms. The van der Waals surface area contributed by atoms with Crippen LogP contribution in [0, 0.1) is 17.1 Å². The number of nitrogens with zero attached hydrogens (tertiary/aromatic N) is 3. The standard InChI is InChI=1S/C11H9FN6/c12-8-5-7(6-13)1-2-9(8)16-10-3-4-15-11(17-10)18-14/h1-5H,14H2,(H2,15,16,17,18). The zero-order chi connectivity index (χ0) is 13.0. The maximum atomic E-state index is 13.6. The third-order valence-electron chi connectivity index (χ3n) is 2.15. The normalized spacial score (nSPS) is 9.61. The molecule has 0 bridgehead atoms. The van der Waals surface area contributed by atoms with Crippen molar-refractivity contribution in [2.45, 2.75) is 0 Å². The van der Waals surface area contributed by atoms with Gasteiger partial charge < -0.3 is 5.32 Å². The average molecular weight is 244 g/mol. The SMILES string of the molecule is N#Cc1ccc(Nc2ccnc(NN)n2)c(F)c1. The van der Waals surface area contributed by atoms with Crippen molar-refractivity contribution in [1.82, 2.24) is 9.97 Å². The first kappa shape index (κ1) is 11.8. The van der Waals surface area contributed by atoms with Crippen molar-refractivity contribution < 1.29 is 4.39 Å². The predicted molar refractivity (Wildman–Crippen MR) is 64.2 cm³/mol. The minimum atomic E-state index is -0.532. The molecule has 1 aromatic carbocycles. The largest absolute Gasteiger partial charge is 0.338 e. The molecule has 18 heavy (non-hydrogen) atoms. The number of rotatable bonds is 3. The lowest BCUT2D eigenvalue weighted by Gasteiger charge is -2.07. The lowest BCUT2D eigenvalue weighted by atomic mass is 10.2. The molecule has 1 aromatic heterocycles. The Kier molecular flexibility index (Phi) is 3.31. The van der Waals surface area contributed by atoms with Crippen LogP contribution in [-0.2, 0) is 0 Å². The highest BCUT2D eigenvalue weighted by Crippen LogP contribution is 2.19. The van der Waals surface area contributed by atoms with E-state index in [9.17, 15) is 4.39 Å². The van der Waals surface area contributed by atoms with Gasteiger partial charge in [-0.15, -0.1) is 0 Å². The van der Waals surface area contributed by atoms with Crippen LogP contribution in [0.25, 0.3) is 0 Å². The first-order valence-corrected chi connectivity index (χ1v) is 4.99. The quantitative estimate of drug-likeness (QED) is 0.559. The van der Waals surface area contributed by atoms with Crippen LogP contribution < -0.4 is 16.6 Å². The number of nitrogens with one attached hydrogen (secondary N) is 2. The number of nitriles is 1. The minimum Gasteiger partial charge on any atom is -0.338 e. The molecular formula is C11H9FN6. The van der Waals surface area contributed by atoms with Crippen LogP contribution in [0.2, 0.25) is 0 Å². The zero-order valence-electron chi connectivity index (χ0n) is 9.18. The fourth-order valence-corrected chi connectivity index (χ4v) is 1.32. The summed E-state index contributed by atoms with van der Waals surface area (Å²) >= 11 is 0. The molecule has 0 atom stereocenters. The van der Waals surface area contributed by atoms with Crippen LogP contribution in [0.15, 0.2) is 30.5 Å². The van der Waals surface area contributed by atoms with Crippen molar-refractivity contribution in [3.8, 4) is 6.07 Å².